The number of phenols is 1. The fraction of sp³-hybridized carbons (Fsp3) is 0.143. The van der Waals surface area contributed by atoms with Gasteiger partial charge in [-0.2, -0.15) is 13.2 Å². The molecule has 23 heavy (non-hydrogen) atoms. The van der Waals surface area contributed by atoms with Gasteiger partial charge in [0.2, 0.25) is 0 Å². The highest BCUT2D eigenvalue weighted by molar-refractivity contribution is 5.66. The van der Waals surface area contributed by atoms with E-state index < -0.39 is 17.4 Å². The number of methoxy groups -OCH3 is 1. The molecule has 0 saturated heterocycles. The summed E-state index contributed by atoms with van der Waals surface area (Å²) in [5.41, 5.74) is -1.72. The first-order valence-corrected chi connectivity index (χ1v) is 6.37. The maximum Gasteiger partial charge on any atom is 0.433 e. The molecular formula is C14H10F3N3O3. The Balaban J connectivity index is 2.26. The van der Waals surface area contributed by atoms with Crippen LogP contribution in [-0.4, -0.2) is 26.8 Å². The molecule has 0 spiro atoms. The quantitative estimate of drug-likeness (QED) is 0.758. The first kappa shape index (κ1) is 14.9. The van der Waals surface area contributed by atoms with E-state index in [4.69, 9.17) is 4.74 Å². The molecule has 0 saturated carbocycles. The van der Waals surface area contributed by atoms with Crippen molar-refractivity contribution >= 4 is 5.65 Å². The number of ether oxygens (including phenoxy) is 1. The molecule has 0 aliphatic carbocycles. The molecule has 1 aromatic carbocycles. The Morgan fingerprint density at radius 2 is 2.00 bits per heavy atom. The summed E-state index contributed by atoms with van der Waals surface area (Å²) in [5, 5.41) is 11.8. The highest BCUT2D eigenvalue weighted by atomic mass is 19.4. The zero-order valence-corrected chi connectivity index (χ0v) is 11.7. The predicted molar refractivity (Wildman–Crippen MR) is 74.5 cm³/mol. The van der Waals surface area contributed by atoms with Gasteiger partial charge < -0.3 is 9.84 Å². The van der Waals surface area contributed by atoms with Crippen molar-refractivity contribution in [3.8, 4) is 22.8 Å². The van der Waals surface area contributed by atoms with Gasteiger partial charge in [0, 0.05) is 11.6 Å². The van der Waals surface area contributed by atoms with Crippen molar-refractivity contribution in [3.05, 3.63) is 46.4 Å². The van der Waals surface area contributed by atoms with E-state index in [0.717, 1.165) is 12.1 Å². The second kappa shape index (κ2) is 5.04. The molecule has 2 heterocycles. The number of aromatic nitrogens is 3. The minimum absolute atomic E-state index is 0.0331. The number of H-pyrrole nitrogens is 1. The van der Waals surface area contributed by atoms with E-state index in [9.17, 15) is 23.1 Å². The van der Waals surface area contributed by atoms with Crippen LogP contribution >= 0.6 is 0 Å². The Hall–Kier alpha value is -2.97. The number of aromatic hydroxyl groups is 1. The van der Waals surface area contributed by atoms with Crippen LogP contribution in [0.1, 0.15) is 5.69 Å². The van der Waals surface area contributed by atoms with Crippen molar-refractivity contribution in [1.82, 2.24) is 14.6 Å². The van der Waals surface area contributed by atoms with Gasteiger partial charge in [-0.1, -0.05) is 0 Å². The largest absolute Gasteiger partial charge is 0.504 e. The fourth-order valence-corrected chi connectivity index (χ4v) is 2.20. The van der Waals surface area contributed by atoms with Crippen LogP contribution < -0.4 is 10.3 Å². The number of hydrogen-bond acceptors (Lipinski definition) is 4. The molecule has 9 heteroatoms. The summed E-state index contributed by atoms with van der Waals surface area (Å²) in [6, 6.07) is 5.87. The lowest BCUT2D eigenvalue weighted by Crippen LogP contribution is -2.14. The van der Waals surface area contributed by atoms with Crippen LogP contribution in [0.5, 0.6) is 11.5 Å². The molecule has 3 aromatic rings. The summed E-state index contributed by atoms with van der Waals surface area (Å²) in [5.74, 6) is -0.0459. The van der Waals surface area contributed by atoms with Crippen molar-refractivity contribution in [2.45, 2.75) is 6.18 Å². The number of hydrogen-bond donors (Lipinski definition) is 2. The molecule has 0 radical (unpaired) electrons. The normalized spacial score (nSPS) is 11.8. The summed E-state index contributed by atoms with van der Waals surface area (Å²) < 4.78 is 45.0. The van der Waals surface area contributed by atoms with Gasteiger partial charge in [0.05, 0.1) is 12.8 Å². The van der Waals surface area contributed by atoms with Crippen LogP contribution in [0, 0.1) is 0 Å². The van der Waals surface area contributed by atoms with Crippen molar-refractivity contribution in [2.75, 3.05) is 7.11 Å². The van der Waals surface area contributed by atoms with E-state index in [2.05, 4.69) is 10.1 Å². The molecule has 2 N–H and O–H groups in total. The van der Waals surface area contributed by atoms with E-state index in [1.54, 1.807) is 0 Å². The number of fused-ring (bicyclic) bond motifs is 1. The minimum atomic E-state index is -4.69. The molecule has 0 fully saturated rings. The van der Waals surface area contributed by atoms with E-state index in [1.807, 2.05) is 0 Å². The lowest BCUT2D eigenvalue weighted by atomic mass is 10.1. The molecule has 3 rings (SSSR count). The highest BCUT2D eigenvalue weighted by Gasteiger charge is 2.35. The molecule has 0 aliphatic rings. The monoisotopic (exact) mass is 325 g/mol. The number of aromatic amines is 1. The molecule has 0 unspecified atom stereocenters. The van der Waals surface area contributed by atoms with Crippen LogP contribution in [0.25, 0.3) is 16.9 Å². The van der Waals surface area contributed by atoms with Crippen LogP contribution in [0.15, 0.2) is 35.1 Å². The molecular weight excluding hydrogens is 315 g/mol. The minimum Gasteiger partial charge on any atom is -0.504 e. The number of halogens is 3. The summed E-state index contributed by atoms with van der Waals surface area (Å²) in [4.78, 5) is 15.3. The Labute approximate surface area is 126 Å². The van der Waals surface area contributed by atoms with E-state index in [1.165, 1.54) is 25.3 Å². The Morgan fingerprint density at radius 1 is 1.26 bits per heavy atom. The molecule has 2 aromatic heterocycles. The van der Waals surface area contributed by atoms with Crippen LogP contribution in [0.3, 0.4) is 0 Å². The topological polar surface area (TPSA) is 79.6 Å². The third-order valence-corrected chi connectivity index (χ3v) is 3.23. The number of nitrogens with one attached hydrogen (secondary N) is 1. The average Bonchev–Trinajstić information content (AvgIpc) is 2.84. The third-order valence-electron chi connectivity index (χ3n) is 3.23. The Kier molecular flexibility index (Phi) is 3.28. The maximum atomic E-state index is 13.2. The molecule has 120 valence electrons. The lowest BCUT2D eigenvalue weighted by Gasteiger charge is -2.12. The van der Waals surface area contributed by atoms with Gasteiger partial charge in [-0.05, 0) is 24.3 Å². The second-order valence-corrected chi connectivity index (χ2v) is 4.73. The molecule has 6 nitrogen and oxygen atoms in total. The van der Waals surface area contributed by atoms with E-state index in [0.29, 0.717) is 4.52 Å². The highest BCUT2D eigenvalue weighted by Crippen LogP contribution is 2.34. The first-order valence-electron chi connectivity index (χ1n) is 6.37. The Bertz CT molecular complexity index is 944. The van der Waals surface area contributed by atoms with Gasteiger partial charge in [0.1, 0.15) is 5.69 Å². The summed E-state index contributed by atoms with van der Waals surface area (Å²) >= 11 is 0. The number of phenolic OH excluding ortho intramolecular Hbond substituents is 1. The summed E-state index contributed by atoms with van der Waals surface area (Å²) in [7, 11) is 1.35. The SMILES string of the molecule is COc1ccc(-c2cc(C(F)(F)F)n3[nH]c(=O)cc3n2)cc1O. The fourth-order valence-electron chi connectivity index (χ4n) is 2.20. The van der Waals surface area contributed by atoms with Gasteiger partial charge >= 0.3 is 6.18 Å². The molecule has 0 bridgehead atoms. The first-order chi connectivity index (χ1) is 10.8. The molecule has 0 atom stereocenters. The summed E-state index contributed by atoms with van der Waals surface area (Å²) in [6.07, 6.45) is -4.69. The average molecular weight is 325 g/mol. The predicted octanol–water partition coefficient (Wildman–Crippen LogP) is 2.42. The third kappa shape index (κ3) is 2.60. The maximum absolute atomic E-state index is 13.2. The number of benzene rings is 1. The van der Waals surface area contributed by atoms with Gasteiger partial charge in [0.15, 0.2) is 17.1 Å². The molecule has 0 amide bonds. The Morgan fingerprint density at radius 3 is 2.61 bits per heavy atom. The lowest BCUT2D eigenvalue weighted by molar-refractivity contribution is -0.142. The van der Waals surface area contributed by atoms with Crippen molar-refractivity contribution in [1.29, 1.82) is 0 Å². The van der Waals surface area contributed by atoms with Crippen molar-refractivity contribution < 1.29 is 23.0 Å². The number of nitrogens with zero attached hydrogens (tertiary/aromatic N) is 2. The standard InChI is InChI=1S/C14H10F3N3O3/c1-23-10-3-2-7(4-9(10)21)8-5-11(14(15,16)17)20-12(18-8)6-13(22)19-20/h2-6,21H,1H3,(H,19,22). The second-order valence-electron chi connectivity index (χ2n) is 4.73. The van der Waals surface area contributed by atoms with E-state index >= 15 is 0 Å². The summed E-state index contributed by atoms with van der Waals surface area (Å²) in [6.45, 7) is 0. The van der Waals surface area contributed by atoms with Crippen molar-refractivity contribution in [3.63, 3.8) is 0 Å². The van der Waals surface area contributed by atoms with Gasteiger partial charge in [-0.15, -0.1) is 0 Å². The zero-order chi connectivity index (χ0) is 16.8. The van der Waals surface area contributed by atoms with Crippen LogP contribution in [0.4, 0.5) is 13.2 Å². The van der Waals surface area contributed by atoms with Crippen LogP contribution in [0.2, 0.25) is 0 Å². The van der Waals surface area contributed by atoms with Gasteiger partial charge in [-0.25, -0.2) is 9.50 Å². The van der Waals surface area contributed by atoms with Gasteiger partial charge in [0.25, 0.3) is 5.56 Å². The number of rotatable bonds is 2. The van der Waals surface area contributed by atoms with E-state index in [-0.39, 0.29) is 28.4 Å². The molecule has 0 aliphatic heterocycles. The zero-order valence-electron chi connectivity index (χ0n) is 11.7. The van der Waals surface area contributed by atoms with Crippen molar-refractivity contribution in [2.24, 2.45) is 0 Å². The number of alkyl halides is 3. The van der Waals surface area contributed by atoms with Gasteiger partial charge in [-0.3, -0.25) is 9.89 Å². The van der Waals surface area contributed by atoms with Crippen LogP contribution in [-0.2, 0) is 6.18 Å². The smallest absolute Gasteiger partial charge is 0.433 e.